The molecule has 0 aliphatic carbocycles. The Kier molecular flexibility index (Phi) is 6.01. The first-order valence-corrected chi connectivity index (χ1v) is 8.91. The van der Waals surface area contributed by atoms with Gasteiger partial charge < -0.3 is 15.0 Å². The first-order chi connectivity index (χ1) is 8.80. The molecule has 1 unspecified atom stereocenters. The van der Waals surface area contributed by atoms with Crippen molar-refractivity contribution in [3.63, 3.8) is 0 Å². The molecule has 0 spiro atoms. The summed E-state index contributed by atoms with van der Waals surface area (Å²) in [5.74, 6) is 0.345. The van der Waals surface area contributed by atoms with Crippen LogP contribution in [0.25, 0.3) is 0 Å². The van der Waals surface area contributed by atoms with Crippen LogP contribution in [0.15, 0.2) is 0 Å². The van der Waals surface area contributed by atoms with Gasteiger partial charge in [-0.3, -0.25) is 0 Å². The third-order valence-corrected chi connectivity index (χ3v) is 5.57. The van der Waals surface area contributed by atoms with Gasteiger partial charge >= 0.3 is 0 Å². The van der Waals surface area contributed by atoms with Gasteiger partial charge in [0, 0.05) is 6.54 Å². The second kappa shape index (κ2) is 6.85. The van der Waals surface area contributed by atoms with E-state index in [0.717, 1.165) is 19.6 Å². The minimum absolute atomic E-state index is 0.125. The number of ether oxygens (including phenoxy) is 1. The van der Waals surface area contributed by atoms with Crippen LogP contribution in [0.2, 0.25) is 0 Å². The van der Waals surface area contributed by atoms with Crippen molar-refractivity contribution in [2.45, 2.75) is 32.7 Å². The minimum atomic E-state index is -2.93. The van der Waals surface area contributed by atoms with Crippen molar-refractivity contribution in [2.75, 3.05) is 37.7 Å². The number of nitrogens with one attached hydrogen (secondary N) is 1. The lowest BCUT2D eigenvalue weighted by molar-refractivity contribution is 0.208. The summed E-state index contributed by atoms with van der Waals surface area (Å²) in [5.41, 5.74) is -0.481. The fourth-order valence-electron chi connectivity index (χ4n) is 2.20. The Hall–Kier alpha value is -0.400. The van der Waals surface area contributed by atoms with Crippen molar-refractivity contribution >= 4 is 27.2 Å². The van der Waals surface area contributed by atoms with Crippen molar-refractivity contribution in [1.82, 2.24) is 10.2 Å². The van der Waals surface area contributed by atoms with E-state index in [9.17, 15) is 8.42 Å². The van der Waals surface area contributed by atoms with E-state index in [2.05, 4.69) is 24.1 Å². The van der Waals surface area contributed by atoms with Gasteiger partial charge in [0.15, 0.2) is 9.84 Å². The van der Waals surface area contributed by atoms with E-state index in [1.807, 2.05) is 6.92 Å². The molecule has 1 aliphatic heterocycles. The Morgan fingerprint density at radius 2 is 2.05 bits per heavy atom. The van der Waals surface area contributed by atoms with Crippen molar-refractivity contribution < 1.29 is 13.2 Å². The maximum Gasteiger partial charge on any atom is 0.257 e. The lowest BCUT2D eigenvalue weighted by Crippen LogP contribution is -2.47. The van der Waals surface area contributed by atoms with Gasteiger partial charge in [0.05, 0.1) is 17.0 Å². The summed E-state index contributed by atoms with van der Waals surface area (Å²) in [6.45, 7) is 9.39. The zero-order valence-electron chi connectivity index (χ0n) is 11.9. The normalized spacial score (nSPS) is 25.5. The fraction of sp³-hybridized carbons (Fsp3) is 0.917. The van der Waals surface area contributed by atoms with E-state index in [0.29, 0.717) is 18.2 Å². The summed E-state index contributed by atoms with van der Waals surface area (Å²) < 4.78 is 28.4. The number of rotatable bonds is 6. The van der Waals surface area contributed by atoms with Crippen LogP contribution < -0.4 is 5.32 Å². The Labute approximate surface area is 121 Å². The number of hydrogen-bond acceptors (Lipinski definition) is 5. The number of likely N-dealkylation sites (N-methyl/N-ethyl adjacent to an activating group) is 1. The van der Waals surface area contributed by atoms with Crippen LogP contribution >= 0.6 is 12.2 Å². The summed E-state index contributed by atoms with van der Waals surface area (Å²) in [7, 11) is -2.93. The SMILES string of the molecule is CCN(CC)CCOC(=S)NC1(C)CCS(=O)(=O)C1. The molecule has 7 heteroatoms. The highest BCUT2D eigenvalue weighted by Gasteiger charge is 2.39. The average molecular weight is 308 g/mol. The van der Waals surface area contributed by atoms with E-state index in [1.54, 1.807) is 0 Å². The molecule has 1 rings (SSSR count). The maximum atomic E-state index is 11.5. The summed E-state index contributed by atoms with van der Waals surface area (Å²) in [6, 6.07) is 0. The summed E-state index contributed by atoms with van der Waals surface area (Å²) in [5, 5.41) is 3.33. The Bertz CT molecular complexity index is 407. The van der Waals surface area contributed by atoms with Gasteiger partial charge in [-0.1, -0.05) is 13.8 Å². The highest BCUT2D eigenvalue weighted by molar-refractivity contribution is 7.91. The molecule has 1 atom stereocenters. The van der Waals surface area contributed by atoms with Gasteiger partial charge in [0.2, 0.25) is 0 Å². The molecular formula is C12H24N2O3S2. The van der Waals surface area contributed by atoms with Crippen molar-refractivity contribution in [1.29, 1.82) is 0 Å². The molecule has 5 nitrogen and oxygen atoms in total. The molecule has 0 aromatic carbocycles. The third-order valence-electron chi connectivity index (χ3n) is 3.44. The summed E-state index contributed by atoms with van der Waals surface area (Å²) in [6.07, 6.45) is 0.578. The Morgan fingerprint density at radius 1 is 1.42 bits per heavy atom. The molecule has 0 amide bonds. The van der Waals surface area contributed by atoms with Gasteiger partial charge in [-0.05, 0) is 38.7 Å². The second-order valence-electron chi connectivity index (χ2n) is 5.19. The summed E-state index contributed by atoms with van der Waals surface area (Å²) >= 11 is 5.12. The van der Waals surface area contributed by atoms with Gasteiger partial charge in [-0.25, -0.2) is 8.42 Å². The predicted octanol–water partition coefficient (Wildman–Crippen LogP) is 0.796. The molecule has 0 aromatic rings. The molecule has 1 saturated heterocycles. The first kappa shape index (κ1) is 16.7. The molecular weight excluding hydrogens is 284 g/mol. The van der Waals surface area contributed by atoms with Crippen LogP contribution in [0, 0.1) is 0 Å². The fourth-order valence-corrected chi connectivity index (χ4v) is 4.62. The number of hydrogen-bond donors (Lipinski definition) is 1. The average Bonchev–Trinajstić information content (AvgIpc) is 2.58. The molecule has 0 radical (unpaired) electrons. The standard InChI is InChI=1S/C12H24N2O3S2/c1-4-14(5-2)7-8-17-11(18)13-12(3)6-9-19(15,16)10-12/h4-10H2,1-3H3,(H,13,18). The molecule has 112 valence electrons. The van der Waals surface area contributed by atoms with Crippen molar-refractivity contribution in [3.05, 3.63) is 0 Å². The van der Waals surface area contributed by atoms with Crippen molar-refractivity contribution in [3.8, 4) is 0 Å². The third kappa shape index (κ3) is 5.62. The molecule has 1 N–H and O–H groups in total. The van der Waals surface area contributed by atoms with Gasteiger partial charge in [0.1, 0.15) is 6.61 Å². The van der Waals surface area contributed by atoms with Crippen LogP contribution in [0.5, 0.6) is 0 Å². The molecule has 0 saturated carbocycles. The van der Waals surface area contributed by atoms with Crippen molar-refractivity contribution in [2.24, 2.45) is 0 Å². The first-order valence-electron chi connectivity index (χ1n) is 6.68. The predicted molar refractivity (Wildman–Crippen MR) is 81.1 cm³/mol. The smallest absolute Gasteiger partial charge is 0.257 e. The van der Waals surface area contributed by atoms with E-state index in [-0.39, 0.29) is 11.5 Å². The Morgan fingerprint density at radius 3 is 2.53 bits per heavy atom. The highest BCUT2D eigenvalue weighted by Crippen LogP contribution is 2.22. The van der Waals surface area contributed by atoms with E-state index in [4.69, 9.17) is 17.0 Å². The monoisotopic (exact) mass is 308 g/mol. The van der Waals surface area contributed by atoms with E-state index < -0.39 is 15.4 Å². The van der Waals surface area contributed by atoms with Crippen LogP contribution in [-0.4, -0.2) is 61.8 Å². The number of thiocarbonyl (C=S) groups is 1. The zero-order chi connectivity index (χ0) is 14.5. The topological polar surface area (TPSA) is 58.6 Å². The molecule has 1 aliphatic rings. The molecule has 0 aromatic heterocycles. The quantitative estimate of drug-likeness (QED) is 0.732. The zero-order valence-corrected chi connectivity index (χ0v) is 13.6. The minimum Gasteiger partial charge on any atom is -0.470 e. The van der Waals surface area contributed by atoms with Crippen LogP contribution in [0.4, 0.5) is 0 Å². The van der Waals surface area contributed by atoms with Crippen LogP contribution in [0.3, 0.4) is 0 Å². The van der Waals surface area contributed by atoms with E-state index in [1.165, 1.54) is 0 Å². The molecule has 19 heavy (non-hydrogen) atoms. The van der Waals surface area contributed by atoms with Crippen LogP contribution in [0.1, 0.15) is 27.2 Å². The number of nitrogens with zero attached hydrogens (tertiary/aromatic N) is 1. The maximum absolute atomic E-state index is 11.5. The largest absolute Gasteiger partial charge is 0.470 e. The number of sulfone groups is 1. The molecule has 1 fully saturated rings. The van der Waals surface area contributed by atoms with Gasteiger partial charge in [-0.2, -0.15) is 0 Å². The lowest BCUT2D eigenvalue weighted by Gasteiger charge is -2.26. The molecule has 0 bridgehead atoms. The van der Waals surface area contributed by atoms with Gasteiger partial charge in [0.25, 0.3) is 5.17 Å². The lowest BCUT2D eigenvalue weighted by atomic mass is 10.0. The van der Waals surface area contributed by atoms with E-state index >= 15 is 0 Å². The van der Waals surface area contributed by atoms with Crippen LogP contribution in [-0.2, 0) is 14.6 Å². The second-order valence-corrected chi connectivity index (χ2v) is 7.75. The highest BCUT2D eigenvalue weighted by atomic mass is 32.2. The summed E-state index contributed by atoms with van der Waals surface area (Å²) in [4.78, 5) is 2.24. The van der Waals surface area contributed by atoms with Gasteiger partial charge in [-0.15, -0.1) is 0 Å². The molecule has 1 heterocycles. The Balaban J connectivity index is 2.32.